The van der Waals surface area contributed by atoms with Crippen molar-refractivity contribution in [3.63, 3.8) is 0 Å². The Kier molecular flexibility index (Phi) is 13.6. The zero-order valence-corrected chi connectivity index (χ0v) is 29.7. The average Bonchev–Trinajstić information content (AvgIpc) is 2.85. The summed E-state index contributed by atoms with van der Waals surface area (Å²) in [6.45, 7) is 28.2. The molecule has 0 aliphatic carbocycles. The van der Waals surface area contributed by atoms with Crippen LogP contribution in [0.3, 0.4) is 0 Å². The molecule has 0 saturated heterocycles. The molecule has 2 aromatic carbocycles. The van der Waals surface area contributed by atoms with Crippen molar-refractivity contribution in [2.24, 2.45) is 11.5 Å². The molecule has 0 bridgehead atoms. The Labute approximate surface area is 259 Å². The molecule has 0 aromatic heterocycles. The zero-order chi connectivity index (χ0) is 30.6. The van der Waals surface area contributed by atoms with Crippen LogP contribution in [0.25, 0.3) is 0 Å². The summed E-state index contributed by atoms with van der Waals surface area (Å²) in [6, 6.07) is 9.01. The van der Waals surface area contributed by atoms with Gasteiger partial charge in [-0.25, -0.2) is 0 Å². The van der Waals surface area contributed by atoms with Crippen LogP contribution in [0.5, 0.6) is 0 Å². The van der Waals surface area contributed by atoms with E-state index >= 15 is 0 Å². The number of halogens is 2. The second-order valence-electron chi connectivity index (χ2n) is 13.3. The maximum absolute atomic E-state index is 7.07. The molecule has 4 N–H and O–H groups in total. The van der Waals surface area contributed by atoms with E-state index in [4.69, 9.17) is 31.7 Å². The SMILES string of the molecule is CC(C)c1cc(C(C)C)c(C(N)C[N](CC(N)c2c(C(C)C)cc(C(C)C)cc2C(C)C)[Fe]([Cl])[Cl])c(C(C)C)c1. The van der Waals surface area contributed by atoms with E-state index < -0.39 is 12.3 Å². The van der Waals surface area contributed by atoms with Crippen LogP contribution in [0.4, 0.5) is 0 Å². The molecule has 0 spiro atoms. The van der Waals surface area contributed by atoms with Crippen LogP contribution < -0.4 is 11.5 Å². The predicted octanol–water partition coefficient (Wildman–Crippen LogP) is 10.3. The molecule has 0 amide bonds. The van der Waals surface area contributed by atoms with Crippen molar-refractivity contribution in [2.45, 2.75) is 131 Å². The summed E-state index contributed by atoms with van der Waals surface area (Å²) in [6.07, 6.45) is 0. The Bertz CT molecular complexity index is 967. The van der Waals surface area contributed by atoms with Crippen LogP contribution in [0.1, 0.15) is 175 Å². The summed E-state index contributed by atoms with van der Waals surface area (Å²) in [5.41, 5.74) is 24.7. The van der Waals surface area contributed by atoms with Crippen LogP contribution >= 0.6 is 20.2 Å². The summed E-state index contributed by atoms with van der Waals surface area (Å²) < 4.78 is 2.13. The molecule has 3 nitrogen and oxygen atoms in total. The van der Waals surface area contributed by atoms with E-state index in [1.54, 1.807) is 0 Å². The second-order valence-corrected chi connectivity index (χ2v) is 17.2. The minimum absolute atomic E-state index is 0.215. The Hall–Kier alpha value is -0.581. The minimum atomic E-state index is -1.63. The standard InChI is InChI=1S/C34H56N3.2ClH.Fe/c1-19(2)25-13-27(21(5)6)33(28(14-25)22(7)8)31(35)17-37-18-32(36)34-29(23(9)10)15-26(20(3)4)16-30(34)24(11)12;;;/h13-16,19-24,31-32H,17-18,35-36H2,1-12H3;2*1H;/q-1;;;+3/p-2. The number of hydrogen-bond acceptors (Lipinski definition) is 3. The fourth-order valence-electron chi connectivity index (χ4n) is 5.65. The molecule has 2 unspecified atom stereocenters. The van der Waals surface area contributed by atoms with Crippen molar-refractivity contribution in [3.8, 4) is 0 Å². The van der Waals surface area contributed by atoms with Gasteiger partial charge < -0.3 is 0 Å². The third-order valence-corrected chi connectivity index (χ3v) is 10.4. The van der Waals surface area contributed by atoms with Crippen LogP contribution in [-0.4, -0.2) is 17.0 Å². The number of rotatable bonds is 13. The fourth-order valence-corrected chi connectivity index (χ4v) is 7.20. The molecule has 40 heavy (non-hydrogen) atoms. The molecule has 0 aliphatic heterocycles. The van der Waals surface area contributed by atoms with E-state index in [0.29, 0.717) is 48.6 Å². The van der Waals surface area contributed by atoms with E-state index in [0.717, 1.165) is 0 Å². The van der Waals surface area contributed by atoms with Crippen LogP contribution in [0.15, 0.2) is 24.3 Å². The molecule has 0 heterocycles. The van der Waals surface area contributed by atoms with Gasteiger partial charge in [0.15, 0.2) is 0 Å². The van der Waals surface area contributed by atoms with Crippen molar-refractivity contribution < 1.29 is 12.3 Å². The van der Waals surface area contributed by atoms with Gasteiger partial charge in [0.1, 0.15) is 0 Å². The molecule has 0 fully saturated rings. The van der Waals surface area contributed by atoms with Gasteiger partial charge >= 0.3 is 260 Å². The van der Waals surface area contributed by atoms with Gasteiger partial charge in [0.2, 0.25) is 0 Å². The monoisotopic (exact) mass is 632 g/mol. The number of nitrogens with two attached hydrogens (primary N) is 2. The molecule has 2 rings (SSSR count). The molecule has 0 aliphatic rings. The van der Waals surface area contributed by atoms with Gasteiger partial charge in [-0.3, -0.25) is 0 Å². The van der Waals surface area contributed by atoms with Crippen LogP contribution in [0, 0.1) is 0 Å². The van der Waals surface area contributed by atoms with Gasteiger partial charge in [0.25, 0.3) is 0 Å². The van der Waals surface area contributed by atoms with Gasteiger partial charge in [-0.05, 0) is 0 Å². The second kappa shape index (κ2) is 15.2. The van der Waals surface area contributed by atoms with E-state index in [1.807, 2.05) is 0 Å². The van der Waals surface area contributed by atoms with Gasteiger partial charge in [-0.2, -0.15) is 0 Å². The van der Waals surface area contributed by atoms with E-state index in [-0.39, 0.29) is 12.1 Å². The van der Waals surface area contributed by atoms with Gasteiger partial charge in [-0.1, -0.05) is 0 Å². The molecule has 2 atom stereocenters. The van der Waals surface area contributed by atoms with Gasteiger partial charge in [0, 0.05) is 0 Å². The molecule has 6 heteroatoms. The first-order chi connectivity index (χ1) is 18.5. The number of nitrogens with zero attached hydrogens (tertiary/aromatic N) is 1. The van der Waals surface area contributed by atoms with Gasteiger partial charge in [-0.15, -0.1) is 0 Å². The quantitative estimate of drug-likeness (QED) is 0.216. The molecular weight excluding hydrogens is 577 g/mol. The van der Waals surface area contributed by atoms with E-state index in [2.05, 4.69) is 111 Å². The van der Waals surface area contributed by atoms with Crippen molar-refractivity contribution >= 4 is 20.2 Å². The summed E-state index contributed by atoms with van der Waals surface area (Å²) in [7, 11) is 13.4. The Balaban J connectivity index is 2.55. The topological polar surface area (TPSA) is 55.3 Å². The predicted molar refractivity (Wildman–Crippen MR) is 175 cm³/mol. The molecule has 0 saturated carbocycles. The Morgan fingerprint density at radius 3 is 0.950 bits per heavy atom. The Morgan fingerprint density at radius 2 is 0.775 bits per heavy atom. The first-order valence-corrected chi connectivity index (χ1v) is 18.6. The first-order valence-electron chi connectivity index (χ1n) is 15.1. The average molecular weight is 634 g/mol. The van der Waals surface area contributed by atoms with Crippen molar-refractivity contribution in [1.29, 1.82) is 0 Å². The summed E-state index contributed by atoms with van der Waals surface area (Å²) >= 11 is -1.63. The normalized spacial score (nSPS) is 14.5. The van der Waals surface area contributed by atoms with E-state index in [1.165, 1.54) is 44.5 Å². The molecular formula is C34H56Cl2FeN3. The van der Waals surface area contributed by atoms with Crippen molar-refractivity contribution in [3.05, 3.63) is 68.8 Å². The third kappa shape index (κ3) is 8.73. The first kappa shape index (κ1) is 35.6. The van der Waals surface area contributed by atoms with E-state index in [9.17, 15) is 0 Å². The Morgan fingerprint density at radius 1 is 0.525 bits per heavy atom. The molecule has 229 valence electrons. The number of benzene rings is 2. The van der Waals surface area contributed by atoms with Gasteiger partial charge in [0.05, 0.1) is 0 Å². The van der Waals surface area contributed by atoms with Crippen LogP contribution in [0.2, 0.25) is 0 Å². The van der Waals surface area contributed by atoms with Crippen molar-refractivity contribution in [2.75, 3.05) is 13.1 Å². The van der Waals surface area contributed by atoms with Crippen molar-refractivity contribution in [1.82, 2.24) is 3.92 Å². The summed E-state index contributed by atoms with van der Waals surface area (Å²) in [5, 5.41) is 0. The molecule has 2 aromatic rings. The third-order valence-electron chi connectivity index (χ3n) is 8.05. The summed E-state index contributed by atoms with van der Waals surface area (Å²) in [5.74, 6) is 2.38. The summed E-state index contributed by atoms with van der Waals surface area (Å²) in [4.78, 5) is 0. The fraction of sp³-hybridized carbons (Fsp3) is 0.647. The maximum atomic E-state index is 7.07. The zero-order valence-electron chi connectivity index (χ0n) is 27.1. The molecule has 0 radical (unpaired) electrons. The van der Waals surface area contributed by atoms with Crippen LogP contribution in [-0.2, 0) is 12.3 Å². The number of hydrogen-bond donors (Lipinski definition) is 2.